The second kappa shape index (κ2) is 100. The van der Waals surface area contributed by atoms with Crippen molar-refractivity contribution < 1.29 is 0 Å². The molecule has 0 atom stereocenters. The van der Waals surface area contributed by atoms with E-state index in [9.17, 15) is 0 Å². The van der Waals surface area contributed by atoms with Crippen molar-refractivity contribution in [2.75, 3.05) is 0 Å². The summed E-state index contributed by atoms with van der Waals surface area (Å²) in [6.45, 7) is 32.0. The van der Waals surface area contributed by atoms with E-state index in [1.165, 1.54) is 0 Å². The van der Waals surface area contributed by atoms with E-state index in [0.717, 1.165) is 0 Å². The van der Waals surface area contributed by atoms with E-state index in [4.69, 9.17) is 0 Å². The lowest BCUT2D eigenvalue weighted by atomic mass is 10.4. The first-order valence-corrected chi connectivity index (χ1v) is 16.0. The van der Waals surface area contributed by atoms with E-state index in [2.05, 4.69) is 0 Å². The van der Waals surface area contributed by atoms with Crippen LogP contribution in [0.25, 0.3) is 0 Å². The molecule has 4 aromatic rings. The molecular formula is C40H72. The summed E-state index contributed by atoms with van der Waals surface area (Å²) in [6.07, 6.45) is 0. The topological polar surface area (TPSA) is 0 Å². The average molecular weight is 553 g/mol. The Balaban J connectivity index is -0.0000000489. The van der Waals surface area contributed by atoms with Gasteiger partial charge < -0.3 is 0 Å². The molecule has 4 aromatic carbocycles. The molecule has 0 nitrogen and oxygen atoms in total. The molecule has 232 valence electrons. The fourth-order valence-corrected chi connectivity index (χ4v) is 1.54. The standard InChI is InChI=1S/4C6H6.8C2H6/c4*1-2-4-6-5-3-1;8*1-2/h4*1-6H;8*1-2H3. The molecule has 0 aromatic heterocycles. The van der Waals surface area contributed by atoms with Crippen LogP contribution in [0, 0.1) is 0 Å². The summed E-state index contributed by atoms with van der Waals surface area (Å²) in [6, 6.07) is 48.0. The van der Waals surface area contributed by atoms with Crippen LogP contribution in [-0.4, -0.2) is 0 Å². The maximum atomic E-state index is 2.00. The summed E-state index contributed by atoms with van der Waals surface area (Å²) < 4.78 is 0. The summed E-state index contributed by atoms with van der Waals surface area (Å²) in [5.41, 5.74) is 0. The van der Waals surface area contributed by atoms with E-state index < -0.39 is 0 Å². The Hall–Kier alpha value is -3.12. The van der Waals surface area contributed by atoms with E-state index >= 15 is 0 Å². The monoisotopic (exact) mass is 553 g/mol. The van der Waals surface area contributed by atoms with Gasteiger partial charge in [-0.1, -0.05) is 256 Å². The van der Waals surface area contributed by atoms with Crippen LogP contribution in [0.1, 0.15) is 111 Å². The molecule has 0 radical (unpaired) electrons. The van der Waals surface area contributed by atoms with Crippen LogP contribution >= 0.6 is 0 Å². The minimum Gasteiger partial charge on any atom is -0.0683 e. The SMILES string of the molecule is CC.CC.CC.CC.CC.CC.CC.CC.c1ccccc1.c1ccccc1.c1ccccc1.c1ccccc1. The zero-order chi connectivity index (χ0) is 33.0. The van der Waals surface area contributed by atoms with Crippen LogP contribution in [0.3, 0.4) is 0 Å². The average Bonchev–Trinajstić information content (AvgIpc) is 3.15. The fraction of sp³-hybridized carbons (Fsp3) is 0.400. The van der Waals surface area contributed by atoms with Gasteiger partial charge in [0.2, 0.25) is 0 Å². The molecule has 0 fully saturated rings. The third-order valence-electron chi connectivity index (χ3n) is 2.67. The van der Waals surface area contributed by atoms with Crippen LogP contribution < -0.4 is 0 Å². The zero-order valence-electron chi connectivity index (χ0n) is 29.9. The number of hydrogen-bond acceptors (Lipinski definition) is 0. The normalized spacial score (nSPS) is 6.00. The molecule has 0 heteroatoms. The molecule has 0 saturated carbocycles. The van der Waals surface area contributed by atoms with Gasteiger partial charge in [0.15, 0.2) is 0 Å². The van der Waals surface area contributed by atoms with Gasteiger partial charge in [-0.05, 0) is 0 Å². The Labute approximate surface area is 256 Å². The predicted molar refractivity (Wildman–Crippen MR) is 197 cm³/mol. The van der Waals surface area contributed by atoms with Crippen molar-refractivity contribution in [3.63, 3.8) is 0 Å². The van der Waals surface area contributed by atoms with Gasteiger partial charge in [-0.2, -0.15) is 0 Å². The van der Waals surface area contributed by atoms with Crippen molar-refractivity contribution in [3.8, 4) is 0 Å². The summed E-state index contributed by atoms with van der Waals surface area (Å²) in [5, 5.41) is 0. The van der Waals surface area contributed by atoms with Gasteiger partial charge in [0, 0.05) is 0 Å². The third kappa shape index (κ3) is 91.8. The quantitative estimate of drug-likeness (QED) is 0.203. The highest BCUT2D eigenvalue weighted by molar-refractivity contribution is 5.00. The lowest BCUT2D eigenvalue weighted by molar-refractivity contribution is 1.50. The Kier molecular flexibility index (Phi) is 142. The van der Waals surface area contributed by atoms with Gasteiger partial charge in [0.25, 0.3) is 0 Å². The minimum atomic E-state index is 2.00. The van der Waals surface area contributed by atoms with Gasteiger partial charge in [-0.15, -0.1) is 0 Å². The van der Waals surface area contributed by atoms with E-state index in [-0.39, 0.29) is 0 Å². The van der Waals surface area contributed by atoms with Crippen LogP contribution in [0.5, 0.6) is 0 Å². The Morgan fingerprint density at radius 2 is 0.125 bits per heavy atom. The Morgan fingerprint density at radius 3 is 0.150 bits per heavy atom. The fourth-order valence-electron chi connectivity index (χ4n) is 1.54. The van der Waals surface area contributed by atoms with Crippen LogP contribution in [0.4, 0.5) is 0 Å². The molecule has 0 heterocycles. The van der Waals surface area contributed by atoms with Crippen molar-refractivity contribution in [3.05, 3.63) is 146 Å². The van der Waals surface area contributed by atoms with Gasteiger partial charge in [0.1, 0.15) is 0 Å². The van der Waals surface area contributed by atoms with Crippen molar-refractivity contribution in [1.82, 2.24) is 0 Å². The number of rotatable bonds is 0. The van der Waals surface area contributed by atoms with Gasteiger partial charge in [0.05, 0.1) is 0 Å². The Bertz CT molecular complexity index is 414. The molecule has 0 spiro atoms. The second-order valence-electron chi connectivity index (χ2n) is 4.62. The van der Waals surface area contributed by atoms with Crippen LogP contribution in [0.15, 0.2) is 146 Å². The highest BCUT2D eigenvalue weighted by atomic mass is 13.7. The molecule has 0 unspecified atom stereocenters. The lowest BCUT2D eigenvalue weighted by Crippen LogP contribution is -1.47. The molecule has 0 amide bonds. The Morgan fingerprint density at radius 1 is 0.100 bits per heavy atom. The second-order valence-corrected chi connectivity index (χ2v) is 4.62. The first kappa shape index (κ1) is 56.9. The zero-order valence-corrected chi connectivity index (χ0v) is 29.9. The molecular weight excluding hydrogens is 480 g/mol. The first-order valence-electron chi connectivity index (χ1n) is 16.0. The molecule has 0 saturated heterocycles. The maximum Gasteiger partial charge on any atom is -0.0623 e. The molecule has 0 aliphatic carbocycles. The van der Waals surface area contributed by atoms with E-state index in [1.807, 2.05) is 256 Å². The van der Waals surface area contributed by atoms with E-state index in [1.54, 1.807) is 0 Å². The number of hydrogen-bond donors (Lipinski definition) is 0. The highest BCUT2D eigenvalue weighted by Crippen LogP contribution is 1.81. The molecule has 4 rings (SSSR count). The van der Waals surface area contributed by atoms with Crippen molar-refractivity contribution in [2.45, 2.75) is 111 Å². The molecule has 40 heavy (non-hydrogen) atoms. The van der Waals surface area contributed by atoms with Gasteiger partial charge in [-0.3, -0.25) is 0 Å². The largest absolute Gasteiger partial charge is 0.0683 e. The minimum absolute atomic E-state index is 2.00. The smallest absolute Gasteiger partial charge is 0.0623 e. The highest BCUT2D eigenvalue weighted by Gasteiger charge is 1.59. The molecule has 0 aliphatic heterocycles. The number of benzene rings is 4. The molecule has 0 bridgehead atoms. The maximum absolute atomic E-state index is 2.00. The van der Waals surface area contributed by atoms with Crippen molar-refractivity contribution >= 4 is 0 Å². The van der Waals surface area contributed by atoms with Crippen molar-refractivity contribution in [2.24, 2.45) is 0 Å². The first-order chi connectivity index (χ1) is 20.0. The van der Waals surface area contributed by atoms with E-state index in [0.29, 0.717) is 0 Å². The van der Waals surface area contributed by atoms with Crippen molar-refractivity contribution in [1.29, 1.82) is 0 Å². The summed E-state index contributed by atoms with van der Waals surface area (Å²) in [4.78, 5) is 0. The summed E-state index contributed by atoms with van der Waals surface area (Å²) >= 11 is 0. The predicted octanol–water partition coefficient (Wildman–Crippen LogP) is 15.0. The van der Waals surface area contributed by atoms with Crippen LogP contribution in [0.2, 0.25) is 0 Å². The third-order valence-corrected chi connectivity index (χ3v) is 2.67. The van der Waals surface area contributed by atoms with Gasteiger partial charge >= 0.3 is 0 Å². The molecule has 0 N–H and O–H groups in total. The summed E-state index contributed by atoms with van der Waals surface area (Å²) in [7, 11) is 0. The summed E-state index contributed by atoms with van der Waals surface area (Å²) in [5.74, 6) is 0. The lowest BCUT2D eigenvalue weighted by Gasteiger charge is -1.69. The molecule has 0 aliphatic rings. The van der Waals surface area contributed by atoms with Crippen LogP contribution in [-0.2, 0) is 0 Å². The van der Waals surface area contributed by atoms with Gasteiger partial charge in [-0.25, -0.2) is 0 Å².